The molecule has 0 aliphatic carbocycles. The summed E-state index contributed by atoms with van der Waals surface area (Å²) < 4.78 is 0. The molecule has 0 bridgehead atoms. The van der Waals surface area contributed by atoms with Crippen molar-refractivity contribution in [3.8, 4) is 0 Å². The molecule has 0 saturated carbocycles. The first-order valence-electron chi connectivity index (χ1n) is 4.92. The molecule has 0 radical (unpaired) electrons. The van der Waals surface area contributed by atoms with Crippen LogP contribution in [0.3, 0.4) is 0 Å². The van der Waals surface area contributed by atoms with Crippen molar-refractivity contribution in [1.29, 1.82) is 0 Å². The minimum atomic E-state index is -0.911. The van der Waals surface area contributed by atoms with Gasteiger partial charge in [-0.3, -0.25) is 4.79 Å². The molecule has 0 unspecified atom stereocenters. The summed E-state index contributed by atoms with van der Waals surface area (Å²) >= 11 is 3.00. The summed E-state index contributed by atoms with van der Waals surface area (Å²) in [4.78, 5) is 24.6. The maximum Gasteiger partial charge on any atom is 0.329 e. The molecule has 1 N–H and O–H groups in total. The first-order chi connectivity index (χ1) is 7.17. The van der Waals surface area contributed by atoms with Crippen LogP contribution in [0.15, 0.2) is 0 Å². The summed E-state index contributed by atoms with van der Waals surface area (Å²) in [6, 6.07) is 0. The Morgan fingerprint density at radius 2 is 2.00 bits per heavy atom. The van der Waals surface area contributed by atoms with Gasteiger partial charge < -0.3 is 10.0 Å². The highest BCUT2D eigenvalue weighted by Gasteiger charge is 2.48. The molecule has 2 saturated heterocycles. The highest BCUT2D eigenvalue weighted by molar-refractivity contribution is 8.13. The number of hydrogen-bond donors (Lipinski definition) is 1. The molecule has 1 amide bonds. The van der Waals surface area contributed by atoms with E-state index in [2.05, 4.69) is 0 Å². The van der Waals surface area contributed by atoms with Crippen molar-refractivity contribution in [3.63, 3.8) is 0 Å². The summed E-state index contributed by atoms with van der Waals surface area (Å²) in [6.07, 6.45) is 1.17. The van der Waals surface area contributed by atoms with E-state index in [-0.39, 0.29) is 5.24 Å². The third-order valence-corrected chi connectivity index (χ3v) is 4.84. The lowest BCUT2D eigenvalue weighted by atomic mass is 9.90. The predicted molar refractivity (Wildman–Crippen MR) is 61.5 cm³/mol. The van der Waals surface area contributed by atoms with Crippen molar-refractivity contribution < 1.29 is 14.7 Å². The zero-order valence-electron chi connectivity index (χ0n) is 8.27. The fraction of sp³-hybridized carbons (Fsp3) is 0.778. The lowest BCUT2D eigenvalue weighted by molar-refractivity contribution is -0.149. The Kier molecular flexibility index (Phi) is 3.16. The molecule has 0 aromatic carbocycles. The molecule has 0 atom stereocenters. The van der Waals surface area contributed by atoms with E-state index in [0.717, 1.165) is 17.3 Å². The zero-order chi connectivity index (χ0) is 10.9. The SMILES string of the molecule is O=C1SCCN1C1(C(=O)O)CCSCC1. The van der Waals surface area contributed by atoms with Crippen LogP contribution in [0.2, 0.25) is 0 Å². The summed E-state index contributed by atoms with van der Waals surface area (Å²) in [6.45, 7) is 0.584. The fourth-order valence-electron chi connectivity index (χ4n) is 2.09. The van der Waals surface area contributed by atoms with E-state index in [1.807, 2.05) is 0 Å². The summed E-state index contributed by atoms with van der Waals surface area (Å²) in [5.74, 6) is 1.56. The van der Waals surface area contributed by atoms with Crippen molar-refractivity contribution in [2.75, 3.05) is 23.8 Å². The van der Waals surface area contributed by atoms with E-state index in [4.69, 9.17) is 0 Å². The lowest BCUT2D eigenvalue weighted by Gasteiger charge is -2.40. The van der Waals surface area contributed by atoms with Gasteiger partial charge in [-0.15, -0.1) is 0 Å². The molecule has 0 spiro atoms. The number of carboxylic acid groups (broad SMARTS) is 1. The second-order valence-corrected chi connectivity index (χ2v) is 5.99. The van der Waals surface area contributed by atoms with Crippen LogP contribution < -0.4 is 0 Å². The minimum Gasteiger partial charge on any atom is -0.479 e. The molecular weight excluding hydrogens is 234 g/mol. The van der Waals surface area contributed by atoms with Gasteiger partial charge in [0.15, 0.2) is 0 Å². The van der Waals surface area contributed by atoms with Crippen molar-refractivity contribution >= 4 is 34.7 Å². The largest absolute Gasteiger partial charge is 0.479 e. The third kappa shape index (κ3) is 1.85. The van der Waals surface area contributed by atoms with E-state index in [1.165, 1.54) is 11.8 Å². The Hall–Kier alpha value is -0.360. The van der Waals surface area contributed by atoms with Gasteiger partial charge in [0.25, 0.3) is 5.24 Å². The summed E-state index contributed by atoms with van der Waals surface area (Å²) in [5.41, 5.74) is -0.911. The van der Waals surface area contributed by atoms with Gasteiger partial charge in [-0.25, -0.2) is 4.79 Å². The quantitative estimate of drug-likeness (QED) is 0.801. The number of aliphatic carboxylic acids is 1. The Morgan fingerprint density at radius 3 is 2.47 bits per heavy atom. The molecule has 0 aromatic rings. The number of carbonyl (C=O) groups excluding carboxylic acids is 1. The molecule has 15 heavy (non-hydrogen) atoms. The average molecular weight is 247 g/mol. The van der Waals surface area contributed by atoms with E-state index in [9.17, 15) is 14.7 Å². The van der Waals surface area contributed by atoms with Crippen LogP contribution in [0.4, 0.5) is 4.79 Å². The molecule has 2 aliphatic heterocycles. The number of carbonyl (C=O) groups is 2. The number of carboxylic acids is 1. The number of rotatable bonds is 2. The van der Waals surface area contributed by atoms with Gasteiger partial charge in [-0.2, -0.15) is 11.8 Å². The zero-order valence-corrected chi connectivity index (χ0v) is 9.90. The second-order valence-electron chi connectivity index (χ2n) is 3.72. The van der Waals surface area contributed by atoms with Gasteiger partial charge in [0, 0.05) is 12.3 Å². The van der Waals surface area contributed by atoms with Gasteiger partial charge in [0.05, 0.1) is 0 Å². The van der Waals surface area contributed by atoms with E-state index in [0.29, 0.717) is 19.4 Å². The topological polar surface area (TPSA) is 57.6 Å². The van der Waals surface area contributed by atoms with Crippen LogP contribution >= 0.6 is 23.5 Å². The standard InChI is InChI=1S/C9H13NO3S2/c11-7(12)9(1-4-14-5-2-9)10-3-6-15-8(10)13/h1-6H2,(H,11,12). The first kappa shape index (κ1) is 11.1. The van der Waals surface area contributed by atoms with Crippen molar-refractivity contribution in [1.82, 2.24) is 4.90 Å². The molecule has 4 nitrogen and oxygen atoms in total. The first-order valence-corrected chi connectivity index (χ1v) is 7.06. The Labute approximate surface area is 96.8 Å². The van der Waals surface area contributed by atoms with Gasteiger partial charge in [-0.05, 0) is 24.3 Å². The van der Waals surface area contributed by atoms with Crippen molar-refractivity contribution in [2.24, 2.45) is 0 Å². The van der Waals surface area contributed by atoms with Crippen LogP contribution in [0, 0.1) is 0 Å². The van der Waals surface area contributed by atoms with Gasteiger partial charge >= 0.3 is 5.97 Å². The van der Waals surface area contributed by atoms with E-state index >= 15 is 0 Å². The number of nitrogens with zero attached hydrogens (tertiary/aromatic N) is 1. The number of thioether (sulfide) groups is 2. The van der Waals surface area contributed by atoms with Crippen LogP contribution in [-0.2, 0) is 4.79 Å². The molecule has 84 valence electrons. The Morgan fingerprint density at radius 1 is 1.33 bits per heavy atom. The van der Waals surface area contributed by atoms with Crippen LogP contribution in [0.1, 0.15) is 12.8 Å². The average Bonchev–Trinajstić information content (AvgIpc) is 2.66. The lowest BCUT2D eigenvalue weighted by Crippen LogP contribution is -2.56. The Bertz CT molecular complexity index is 289. The van der Waals surface area contributed by atoms with E-state index < -0.39 is 11.5 Å². The van der Waals surface area contributed by atoms with Gasteiger partial charge in [0.1, 0.15) is 5.54 Å². The molecule has 2 rings (SSSR count). The predicted octanol–water partition coefficient (Wildman–Crippen LogP) is 1.51. The van der Waals surface area contributed by atoms with Crippen LogP contribution in [0.5, 0.6) is 0 Å². The Balaban J connectivity index is 2.24. The highest BCUT2D eigenvalue weighted by atomic mass is 32.2. The van der Waals surface area contributed by atoms with Crippen LogP contribution in [-0.4, -0.2) is 50.6 Å². The van der Waals surface area contributed by atoms with Gasteiger partial charge in [-0.1, -0.05) is 11.8 Å². The number of amides is 1. The smallest absolute Gasteiger partial charge is 0.329 e. The highest BCUT2D eigenvalue weighted by Crippen LogP contribution is 2.37. The normalized spacial score (nSPS) is 25.6. The van der Waals surface area contributed by atoms with Crippen molar-refractivity contribution in [2.45, 2.75) is 18.4 Å². The summed E-state index contributed by atoms with van der Waals surface area (Å²) in [5, 5.41) is 9.29. The maximum absolute atomic E-state index is 11.6. The third-order valence-electron chi connectivity index (χ3n) is 3.00. The number of hydrogen-bond acceptors (Lipinski definition) is 4. The second kappa shape index (κ2) is 4.25. The monoisotopic (exact) mass is 247 g/mol. The maximum atomic E-state index is 11.6. The van der Waals surface area contributed by atoms with E-state index in [1.54, 1.807) is 16.7 Å². The molecule has 2 fully saturated rings. The molecule has 0 aromatic heterocycles. The molecule has 6 heteroatoms. The summed E-state index contributed by atoms with van der Waals surface area (Å²) in [7, 11) is 0. The molecular formula is C9H13NO3S2. The minimum absolute atomic E-state index is 0.0655. The van der Waals surface area contributed by atoms with Crippen molar-refractivity contribution in [3.05, 3.63) is 0 Å². The van der Waals surface area contributed by atoms with Gasteiger partial charge in [0.2, 0.25) is 0 Å². The van der Waals surface area contributed by atoms with Crippen LogP contribution in [0.25, 0.3) is 0 Å². The molecule has 2 aliphatic rings. The molecule has 2 heterocycles. The fourth-order valence-corrected chi connectivity index (χ4v) is 4.13.